The molecule has 1 N–H and O–H groups in total. The van der Waals surface area contributed by atoms with Crippen molar-refractivity contribution in [1.29, 1.82) is 0 Å². The minimum Gasteiger partial charge on any atom is -0.481 e. The fourth-order valence-corrected chi connectivity index (χ4v) is 6.65. The van der Waals surface area contributed by atoms with E-state index in [-0.39, 0.29) is 17.7 Å². The summed E-state index contributed by atoms with van der Waals surface area (Å²) >= 11 is 0. The summed E-state index contributed by atoms with van der Waals surface area (Å²) in [4.78, 5) is 22.0. The Hall–Kier alpha value is -3.33. The number of halogens is 1. The van der Waals surface area contributed by atoms with Gasteiger partial charge in [0.15, 0.2) is 0 Å². The van der Waals surface area contributed by atoms with Crippen molar-refractivity contribution in [3.8, 4) is 11.1 Å². The van der Waals surface area contributed by atoms with E-state index >= 15 is 0 Å². The van der Waals surface area contributed by atoms with Gasteiger partial charge >= 0.3 is 5.97 Å². The van der Waals surface area contributed by atoms with E-state index in [0.29, 0.717) is 26.4 Å². The van der Waals surface area contributed by atoms with Crippen molar-refractivity contribution < 1.29 is 23.8 Å². The number of nitrogens with zero attached hydrogens (tertiary/aromatic N) is 3. The number of aliphatic carboxylic acids is 1. The second-order valence-electron chi connectivity index (χ2n) is 13.3. The van der Waals surface area contributed by atoms with Gasteiger partial charge in [-0.05, 0) is 85.4 Å². The number of aromatic nitrogens is 1. The minimum atomic E-state index is -0.855. The molecule has 2 aliphatic rings. The maximum absolute atomic E-state index is 13.7. The average Bonchev–Trinajstić information content (AvgIpc) is 2.99. The van der Waals surface area contributed by atoms with Crippen molar-refractivity contribution in [3.05, 3.63) is 81.4 Å². The molecule has 0 amide bonds. The monoisotopic (exact) mass is 617 g/mol. The molecule has 1 fully saturated rings. The van der Waals surface area contributed by atoms with E-state index in [2.05, 4.69) is 41.8 Å². The topological polar surface area (TPSA) is 75.1 Å². The van der Waals surface area contributed by atoms with Crippen LogP contribution < -0.4 is 4.90 Å². The van der Waals surface area contributed by atoms with Gasteiger partial charge in [0.1, 0.15) is 5.82 Å². The van der Waals surface area contributed by atoms with Crippen molar-refractivity contribution in [2.45, 2.75) is 80.0 Å². The van der Waals surface area contributed by atoms with Gasteiger partial charge in [-0.3, -0.25) is 14.7 Å². The minimum absolute atomic E-state index is 0.0742. The predicted molar refractivity (Wildman–Crippen MR) is 176 cm³/mol. The Balaban J connectivity index is 1.52. The van der Waals surface area contributed by atoms with Gasteiger partial charge in [0.05, 0.1) is 37.6 Å². The van der Waals surface area contributed by atoms with Crippen molar-refractivity contribution in [3.63, 3.8) is 0 Å². The Morgan fingerprint density at radius 3 is 2.49 bits per heavy atom. The molecule has 0 atom stereocenters. The first-order valence-corrected chi connectivity index (χ1v) is 16.3. The van der Waals surface area contributed by atoms with Gasteiger partial charge < -0.3 is 19.5 Å². The molecule has 242 valence electrons. The number of rotatable bonds is 12. The number of aryl methyl sites for hydroxylation is 2. The van der Waals surface area contributed by atoms with E-state index in [1.807, 2.05) is 26.8 Å². The summed E-state index contributed by atoms with van der Waals surface area (Å²) in [6, 6.07) is 11.7. The van der Waals surface area contributed by atoms with Crippen LogP contribution in [0.5, 0.6) is 0 Å². The highest BCUT2D eigenvalue weighted by molar-refractivity contribution is 5.87. The molecular weight excluding hydrogens is 569 g/mol. The van der Waals surface area contributed by atoms with Gasteiger partial charge in [0, 0.05) is 56.2 Å². The first-order chi connectivity index (χ1) is 21.5. The Labute approximate surface area is 267 Å². The van der Waals surface area contributed by atoms with Gasteiger partial charge in [-0.2, -0.15) is 0 Å². The van der Waals surface area contributed by atoms with Crippen molar-refractivity contribution in [2.24, 2.45) is 5.41 Å². The third-order valence-electron chi connectivity index (χ3n) is 9.41. The summed E-state index contributed by atoms with van der Waals surface area (Å²) in [6.45, 7) is 16.7. The number of carboxylic acid groups (broad SMARTS) is 1. The lowest BCUT2D eigenvalue weighted by molar-refractivity contribution is -0.136. The Morgan fingerprint density at radius 2 is 1.78 bits per heavy atom. The molecule has 3 aromatic rings. The maximum atomic E-state index is 13.7. The molecule has 7 nitrogen and oxygen atoms in total. The van der Waals surface area contributed by atoms with E-state index in [9.17, 15) is 14.3 Å². The summed E-state index contributed by atoms with van der Waals surface area (Å²) in [7, 11) is 0. The number of ether oxygens (including phenoxy) is 2. The van der Waals surface area contributed by atoms with Crippen molar-refractivity contribution in [1.82, 2.24) is 9.88 Å². The lowest BCUT2D eigenvalue weighted by Crippen LogP contribution is -2.38. The van der Waals surface area contributed by atoms with Crippen LogP contribution in [0.15, 0.2) is 36.4 Å². The van der Waals surface area contributed by atoms with Crippen LogP contribution in [0.4, 0.5) is 10.1 Å². The summed E-state index contributed by atoms with van der Waals surface area (Å²) in [5.41, 5.74) is 10.4. The number of pyridine rings is 1. The molecule has 0 aliphatic carbocycles. The molecule has 3 heterocycles. The lowest BCUT2D eigenvalue weighted by Gasteiger charge is -2.40. The van der Waals surface area contributed by atoms with E-state index < -0.39 is 5.97 Å². The van der Waals surface area contributed by atoms with Crippen molar-refractivity contribution >= 4 is 11.7 Å². The number of carboxylic acids is 1. The van der Waals surface area contributed by atoms with E-state index in [4.69, 9.17) is 14.5 Å². The SMILES string of the molecule is CCOCCOCc1nc(C)c(CC(=O)O)c(N2CCC(C)(C)CC2)c1-c1ccc2c(c1)CCN(Cc1ccc(F)cc1C)C2. The Bertz CT molecular complexity index is 1510. The second kappa shape index (κ2) is 14.4. The summed E-state index contributed by atoms with van der Waals surface area (Å²) in [6.07, 6.45) is 2.90. The van der Waals surface area contributed by atoms with Gasteiger partial charge in [-0.15, -0.1) is 0 Å². The van der Waals surface area contributed by atoms with Gasteiger partial charge in [-0.25, -0.2) is 4.39 Å². The fraction of sp³-hybridized carbons (Fsp3) is 0.514. The van der Waals surface area contributed by atoms with Crippen LogP contribution in [0.3, 0.4) is 0 Å². The third-order valence-corrected chi connectivity index (χ3v) is 9.41. The average molecular weight is 618 g/mol. The van der Waals surface area contributed by atoms with Crippen LogP contribution in [-0.2, 0) is 46.8 Å². The van der Waals surface area contributed by atoms with Gasteiger partial charge in [0.2, 0.25) is 0 Å². The molecule has 2 aliphatic heterocycles. The lowest BCUT2D eigenvalue weighted by atomic mass is 9.81. The Morgan fingerprint density at radius 1 is 1.02 bits per heavy atom. The molecule has 0 bridgehead atoms. The molecule has 2 aromatic carbocycles. The number of hydrogen-bond donors (Lipinski definition) is 1. The highest BCUT2D eigenvalue weighted by Crippen LogP contribution is 2.42. The van der Waals surface area contributed by atoms with E-state index in [1.165, 1.54) is 11.1 Å². The zero-order chi connectivity index (χ0) is 32.1. The van der Waals surface area contributed by atoms with Crippen LogP contribution in [0, 0.1) is 25.1 Å². The second-order valence-corrected chi connectivity index (χ2v) is 13.3. The number of piperidine rings is 1. The molecule has 1 saturated heterocycles. The number of hydrogen-bond acceptors (Lipinski definition) is 6. The zero-order valence-electron chi connectivity index (χ0n) is 27.5. The molecule has 0 radical (unpaired) electrons. The van der Waals surface area contributed by atoms with Crippen LogP contribution in [0.2, 0.25) is 0 Å². The first kappa shape index (κ1) is 33.0. The molecule has 8 heteroatoms. The normalized spacial score (nSPS) is 16.5. The van der Waals surface area contributed by atoms with E-state index in [0.717, 1.165) is 96.9 Å². The molecule has 0 spiro atoms. The van der Waals surface area contributed by atoms with Crippen LogP contribution in [-0.4, -0.2) is 60.4 Å². The van der Waals surface area contributed by atoms with Gasteiger partial charge in [-0.1, -0.05) is 38.1 Å². The van der Waals surface area contributed by atoms with Crippen LogP contribution in [0.1, 0.15) is 72.8 Å². The quantitative estimate of drug-likeness (QED) is 0.222. The summed E-state index contributed by atoms with van der Waals surface area (Å²) in [5, 5.41) is 9.96. The highest BCUT2D eigenvalue weighted by Gasteiger charge is 2.31. The largest absolute Gasteiger partial charge is 0.481 e. The predicted octanol–water partition coefficient (Wildman–Crippen LogP) is 6.87. The number of fused-ring (bicyclic) bond motifs is 1. The highest BCUT2D eigenvalue weighted by atomic mass is 19.1. The number of benzene rings is 2. The van der Waals surface area contributed by atoms with Crippen molar-refractivity contribution in [2.75, 3.05) is 44.4 Å². The standard InChI is InChI=1S/C37H48FN3O4/c1-6-44-17-18-45-24-33-35(36(32(21-34(42)43)26(3)39-33)41-15-12-37(4,5)13-16-41)28-7-8-30-23-40(14-11-27(30)20-28)22-29-9-10-31(38)19-25(29)2/h7-10,19-20H,6,11-18,21-24H2,1-5H3,(H,42,43). The third kappa shape index (κ3) is 8.10. The molecule has 0 saturated carbocycles. The van der Waals surface area contributed by atoms with E-state index in [1.54, 1.807) is 12.1 Å². The first-order valence-electron chi connectivity index (χ1n) is 16.3. The molecule has 5 rings (SSSR count). The molecule has 1 aromatic heterocycles. The maximum Gasteiger partial charge on any atom is 0.307 e. The van der Waals surface area contributed by atoms with Crippen LogP contribution >= 0.6 is 0 Å². The molecule has 0 unspecified atom stereocenters. The fourth-order valence-electron chi connectivity index (χ4n) is 6.65. The summed E-state index contributed by atoms with van der Waals surface area (Å²) in [5.74, 6) is -1.05. The van der Waals surface area contributed by atoms with Crippen LogP contribution in [0.25, 0.3) is 11.1 Å². The molecular formula is C37H48FN3O4. The van der Waals surface area contributed by atoms with Gasteiger partial charge in [0.25, 0.3) is 0 Å². The number of carbonyl (C=O) groups is 1. The summed E-state index contributed by atoms with van der Waals surface area (Å²) < 4.78 is 25.2. The smallest absolute Gasteiger partial charge is 0.307 e. The Kier molecular flexibility index (Phi) is 10.6. The molecule has 45 heavy (non-hydrogen) atoms. The number of anilines is 1. The zero-order valence-corrected chi connectivity index (χ0v) is 27.5.